The molecule has 0 aromatic heterocycles. The Hall–Kier alpha value is -0.610. The van der Waals surface area contributed by atoms with Crippen LogP contribution in [-0.4, -0.2) is 12.3 Å². The smallest absolute Gasteiger partial charge is 1.00 e. The van der Waals surface area contributed by atoms with E-state index in [-0.39, 0.29) is 37.1 Å². The largest absolute Gasteiger partial charge is 1.00 e. The van der Waals surface area contributed by atoms with Gasteiger partial charge in [-0.2, -0.15) is 30.7 Å². The van der Waals surface area contributed by atoms with Crippen molar-refractivity contribution in [3.05, 3.63) is 29.3 Å². The number of rotatable bonds is 2. The second-order valence-electron chi connectivity index (χ2n) is 2.91. The van der Waals surface area contributed by atoms with Crippen molar-refractivity contribution < 1.29 is 75.2 Å². The fraction of sp³-hybridized carbons (Fsp3) is 0.250. The molecule has 0 unspecified atom stereocenters. The molecule has 0 aliphatic heterocycles. The monoisotopic (exact) mass is 308 g/mol. The average Bonchev–Trinajstić information content (AvgIpc) is 2.20. The summed E-state index contributed by atoms with van der Waals surface area (Å²) in [6.07, 6.45) is -12.3. The molecular formula is C8H2F9NaO. The van der Waals surface area contributed by atoms with Crippen LogP contribution < -0.4 is 34.3 Å². The molecule has 11 heteroatoms. The molecule has 1 aromatic carbocycles. The SMILES string of the molecule is Fc1cc(F)c(F)c(OC(F)(F)C(F)(F)F)c1F.[H-].[Na+]. The van der Waals surface area contributed by atoms with E-state index in [1.807, 2.05) is 0 Å². The molecule has 0 N–H and O–H groups in total. The first-order valence-corrected chi connectivity index (χ1v) is 3.94. The Labute approximate surface area is 123 Å². The summed E-state index contributed by atoms with van der Waals surface area (Å²) in [7, 11) is 0. The molecule has 0 atom stereocenters. The second kappa shape index (κ2) is 5.80. The standard InChI is InChI=1S/C8HF9O.Na.H/c9-2-1-3(10)5(12)6(4(2)11)18-8(16,17)7(13,14)15;;/h1H;;/q;+1;-1. The van der Waals surface area contributed by atoms with Crippen molar-refractivity contribution in [2.75, 3.05) is 0 Å². The number of hydrogen-bond donors (Lipinski definition) is 0. The Morgan fingerprint density at radius 1 is 0.842 bits per heavy atom. The van der Waals surface area contributed by atoms with Crippen molar-refractivity contribution >= 4 is 0 Å². The predicted octanol–water partition coefficient (Wildman–Crippen LogP) is 0.893. The van der Waals surface area contributed by atoms with Gasteiger partial charge in [0, 0.05) is 6.07 Å². The van der Waals surface area contributed by atoms with Crippen LogP contribution in [0.5, 0.6) is 5.75 Å². The zero-order chi connectivity index (χ0) is 14.3. The van der Waals surface area contributed by atoms with Crippen LogP contribution in [-0.2, 0) is 0 Å². The summed E-state index contributed by atoms with van der Waals surface area (Å²) < 4.78 is 113. The summed E-state index contributed by atoms with van der Waals surface area (Å²) in [5.41, 5.74) is 0. The molecular weight excluding hydrogens is 306 g/mol. The van der Waals surface area contributed by atoms with Crippen LogP contribution in [0.15, 0.2) is 6.07 Å². The average molecular weight is 308 g/mol. The number of alkyl halides is 5. The molecule has 0 aliphatic carbocycles. The van der Waals surface area contributed by atoms with E-state index in [4.69, 9.17) is 0 Å². The molecule has 0 aliphatic rings. The molecule has 0 heterocycles. The van der Waals surface area contributed by atoms with Gasteiger partial charge in [0.1, 0.15) is 0 Å². The maximum Gasteiger partial charge on any atom is 1.00 e. The van der Waals surface area contributed by atoms with E-state index in [1.54, 1.807) is 0 Å². The molecule has 0 saturated carbocycles. The van der Waals surface area contributed by atoms with Crippen molar-refractivity contribution in [3.8, 4) is 5.75 Å². The van der Waals surface area contributed by atoms with E-state index < -0.39 is 41.3 Å². The summed E-state index contributed by atoms with van der Waals surface area (Å²) >= 11 is 0. The van der Waals surface area contributed by atoms with Gasteiger partial charge in [-0.1, -0.05) is 0 Å². The topological polar surface area (TPSA) is 9.23 Å². The molecule has 0 bridgehead atoms. The number of hydrogen-bond acceptors (Lipinski definition) is 1. The van der Waals surface area contributed by atoms with Crippen LogP contribution in [0, 0.1) is 23.3 Å². The molecule has 0 fully saturated rings. The summed E-state index contributed by atoms with van der Waals surface area (Å²) in [4.78, 5) is 0. The second-order valence-corrected chi connectivity index (χ2v) is 2.91. The molecule has 104 valence electrons. The Morgan fingerprint density at radius 3 is 1.53 bits per heavy atom. The third kappa shape index (κ3) is 3.69. The van der Waals surface area contributed by atoms with Crippen molar-refractivity contribution in [1.82, 2.24) is 0 Å². The van der Waals surface area contributed by atoms with Crippen LogP contribution in [0.3, 0.4) is 0 Å². The molecule has 0 saturated heterocycles. The fourth-order valence-electron chi connectivity index (χ4n) is 0.827. The maximum atomic E-state index is 12.8. The predicted molar refractivity (Wildman–Crippen MR) is 39.0 cm³/mol. The van der Waals surface area contributed by atoms with Crippen molar-refractivity contribution in [2.24, 2.45) is 0 Å². The van der Waals surface area contributed by atoms with Crippen molar-refractivity contribution in [1.29, 1.82) is 0 Å². The molecule has 1 aromatic rings. The van der Waals surface area contributed by atoms with Crippen LogP contribution in [0.1, 0.15) is 1.43 Å². The first-order chi connectivity index (χ1) is 7.97. The normalized spacial score (nSPS) is 12.1. The summed E-state index contributed by atoms with van der Waals surface area (Å²) in [6.45, 7) is 0. The Bertz CT molecular complexity index is 450. The minimum absolute atomic E-state index is 0. The van der Waals surface area contributed by atoms with Crippen LogP contribution in [0.2, 0.25) is 0 Å². The molecule has 0 spiro atoms. The van der Waals surface area contributed by atoms with Gasteiger partial charge in [0.25, 0.3) is 0 Å². The van der Waals surface area contributed by atoms with E-state index in [1.165, 1.54) is 0 Å². The quantitative estimate of drug-likeness (QED) is 0.448. The van der Waals surface area contributed by atoms with Crippen LogP contribution in [0.25, 0.3) is 0 Å². The Balaban J connectivity index is 0. The summed E-state index contributed by atoms with van der Waals surface area (Å²) in [6, 6.07) is -0.372. The van der Waals surface area contributed by atoms with Gasteiger partial charge in [-0.05, 0) is 0 Å². The zero-order valence-corrected chi connectivity index (χ0v) is 10.9. The Kier molecular flexibility index (Phi) is 5.61. The molecule has 1 nitrogen and oxygen atoms in total. The van der Waals surface area contributed by atoms with Gasteiger partial charge < -0.3 is 6.16 Å². The minimum atomic E-state index is -6.31. The summed E-state index contributed by atoms with van der Waals surface area (Å²) in [5.74, 6) is -11.9. The minimum Gasteiger partial charge on any atom is -1.00 e. The van der Waals surface area contributed by atoms with Crippen LogP contribution >= 0.6 is 0 Å². The van der Waals surface area contributed by atoms with Gasteiger partial charge in [0.15, 0.2) is 11.6 Å². The fourth-order valence-corrected chi connectivity index (χ4v) is 0.827. The molecule has 0 radical (unpaired) electrons. The van der Waals surface area contributed by atoms with Crippen molar-refractivity contribution in [2.45, 2.75) is 12.3 Å². The third-order valence-corrected chi connectivity index (χ3v) is 1.63. The molecule has 19 heavy (non-hydrogen) atoms. The van der Waals surface area contributed by atoms with E-state index >= 15 is 0 Å². The third-order valence-electron chi connectivity index (χ3n) is 1.63. The first kappa shape index (κ1) is 18.4. The summed E-state index contributed by atoms with van der Waals surface area (Å²) in [5, 5.41) is 0. The van der Waals surface area contributed by atoms with Gasteiger partial charge in [0.05, 0.1) is 0 Å². The maximum absolute atomic E-state index is 12.8. The number of benzene rings is 1. The van der Waals surface area contributed by atoms with E-state index in [0.29, 0.717) is 0 Å². The van der Waals surface area contributed by atoms with Gasteiger partial charge >= 0.3 is 41.8 Å². The van der Waals surface area contributed by atoms with Gasteiger partial charge in [-0.3, -0.25) is 0 Å². The van der Waals surface area contributed by atoms with Gasteiger partial charge in [0.2, 0.25) is 17.4 Å². The Morgan fingerprint density at radius 2 is 1.21 bits per heavy atom. The van der Waals surface area contributed by atoms with Gasteiger partial charge in [-0.25, -0.2) is 8.78 Å². The number of halogens is 9. The zero-order valence-electron chi connectivity index (χ0n) is 9.89. The van der Waals surface area contributed by atoms with E-state index in [0.717, 1.165) is 0 Å². The van der Waals surface area contributed by atoms with E-state index in [2.05, 4.69) is 4.74 Å². The van der Waals surface area contributed by atoms with Crippen LogP contribution in [0.4, 0.5) is 39.5 Å². The molecule has 1 rings (SSSR count). The van der Waals surface area contributed by atoms with Gasteiger partial charge in [-0.15, -0.1) is 0 Å². The van der Waals surface area contributed by atoms with E-state index in [9.17, 15) is 39.5 Å². The number of ether oxygens (including phenoxy) is 1. The molecule has 0 amide bonds. The van der Waals surface area contributed by atoms with Crippen molar-refractivity contribution in [3.63, 3.8) is 0 Å². The first-order valence-electron chi connectivity index (χ1n) is 3.94.